The van der Waals surface area contributed by atoms with Gasteiger partial charge < -0.3 is 10.2 Å². The molecule has 26 heavy (non-hydrogen) atoms. The second kappa shape index (κ2) is 7.54. The zero-order valence-corrected chi connectivity index (χ0v) is 16.2. The number of rotatable bonds is 4. The van der Waals surface area contributed by atoms with Crippen molar-refractivity contribution < 1.29 is 9.59 Å². The molecule has 0 aliphatic carbocycles. The van der Waals surface area contributed by atoms with Gasteiger partial charge in [0.05, 0.1) is 11.4 Å². The molecule has 1 aliphatic rings. The maximum atomic E-state index is 12.5. The van der Waals surface area contributed by atoms with Gasteiger partial charge in [-0.05, 0) is 29.2 Å². The number of anilines is 2. The third kappa shape index (κ3) is 4.10. The molecule has 136 valence electrons. The van der Waals surface area contributed by atoms with Crippen molar-refractivity contribution in [3.63, 3.8) is 0 Å². The van der Waals surface area contributed by atoms with Gasteiger partial charge in [-0.2, -0.15) is 0 Å². The van der Waals surface area contributed by atoms with E-state index >= 15 is 0 Å². The molecule has 1 heterocycles. The summed E-state index contributed by atoms with van der Waals surface area (Å²) in [5.41, 5.74) is 2.79. The zero-order valence-electron chi connectivity index (χ0n) is 15.4. The molecule has 1 N–H and O–H groups in total. The van der Waals surface area contributed by atoms with Gasteiger partial charge in [0, 0.05) is 23.5 Å². The predicted octanol–water partition coefficient (Wildman–Crippen LogP) is 4.45. The first kappa shape index (κ1) is 18.5. The van der Waals surface area contributed by atoms with Crippen molar-refractivity contribution >= 4 is 35.0 Å². The summed E-state index contributed by atoms with van der Waals surface area (Å²) in [4.78, 5) is 27.6. The zero-order chi connectivity index (χ0) is 18.7. The van der Waals surface area contributed by atoms with Crippen LogP contribution in [0, 0.1) is 0 Å². The van der Waals surface area contributed by atoms with Crippen LogP contribution in [0.5, 0.6) is 0 Å². The molecular weight excluding hydrogens is 344 g/mol. The van der Waals surface area contributed by atoms with Crippen LogP contribution in [0.3, 0.4) is 0 Å². The maximum Gasteiger partial charge on any atom is 0.237 e. The second-order valence-corrected chi connectivity index (χ2v) is 8.41. The number of carbonyl (C=O) groups is 2. The van der Waals surface area contributed by atoms with Crippen LogP contribution in [0.15, 0.2) is 53.4 Å². The molecule has 0 saturated heterocycles. The molecule has 0 spiro atoms. The summed E-state index contributed by atoms with van der Waals surface area (Å²) >= 11 is 1.55. The standard InChI is InChI=1S/C21H24N2O2S/c1-21(2,3)15-8-4-5-9-16(15)22-19(24)12-13-23-17-10-6-7-11-18(17)26-14-20(23)25/h4-11H,12-14H2,1-3H3,(H,22,24). The summed E-state index contributed by atoms with van der Waals surface area (Å²) in [5.74, 6) is 0.396. The third-order valence-corrected chi connectivity index (χ3v) is 5.43. The van der Waals surface area contributed by atoms with E-state index in [2.05, 4.69) is 26.1 Å². The van der Waals surface area contributed by atoms with Gasteiger partial charge in [0.25, 0.3) is 0 Å². The Morgan fingerprint density at radius 2 is 1.81 bits per heavy atom. The van der Waals surface area contributed by atoms with Crippen molar-refractivity contribution in [2.75, 3.05) is 22.5 Å². The van der Waals surface area contributed by atoms with Gasteiger partial charge in [-0.3, -0.25) is 9.59 Å². The number of carbonyl (C=O) groups excluding carboxylic acids is 2. The van der Waals surface area contributed by atoms with E-state index in [0.717, 1.165) is 21.8 Å². The number of nitrogens with one attached hydrogen (secondary N) is 1. The topological polar surface area (TPSA) is 49.4 Å². The lowest BCUT2D eigenvalue weighted by Crippen LogP contribution is -2.37. The predicted molar refractivity (Wildman–Crippen MR) is 108 cm³/mol. The van der Waals surface area contributed by atoms with Gasteiger partial charge in [0.15, 0.2) is 0 Å². The van der Waals surface area contributed by atoms with Crippen LogP contribution in [0.2, 0.25) is 0 Å². The van der Waals surface area contributed by atoms with Crippen molar-refractivity contribution in [3.8, 4) is 0 Å². The number of thioether (sulfide) groups is 1. The molecule has 3 rings (SSSR count). The second-order valence-electron chi connectivity index (χ2n) is 7.40. The van der Waals surface area contributed by atoms with E-state index in [1.165, 1.54) is 0 Å². The molecule has 0 fully saturated rings. The Kier molecular flexibility index (Phi) is 5.37. The molecule has 1 aliphatic heterocycles. The lowest BCUT2D eigenvalue weighted by Gasteiger charge is -2.29. The number of hydrogen-bond donors (Lipinski definition) is 1. The summed E-state index contributed by atoms with van der Waals surface area (Å²) in [6.07, 6.45) is 0.267. The van der Waals surface area contributed by atoms with Crippen LogP contribution in [0.25, 0.3) is 0 Å². The Morgan fingerprint density at radius 1 is 1.12 bits per heavy atom. The number of amides is 2. The average molecular weight is 369 g/mol. The summed E-state index contributed by atoms with van der Waals surface area (Å²) in [6.45, 7) is 6.76. The summed E-state index contributed by atoms with van der Waals surface area (Å²) in [5, 5.41) is 3.01. The molecule has 4 nitrogen and oxygen atoms in total. The van der Waals surface area contributed by atoms with Crippen molar-refractivity contribution in [2.24, 2.45) is 0 Å². The van der Waals surface area contributed by atoms with Crippen LogP contribution in [0.4, 0.5) is 11.4 Å². The number of hydrogen-bond acceptors (Lipinski definition) is 3. The highest BCUT2D eigenvalue weighted by Crippen LogP contribution is 2.35. The molecule has 2 aromatic carbocycles. The summed E-state index contributed by atoms with van der Waals surface area (Å²) < 4.78 is 0. The highest BCUT2D eigenvalue weighted by atomic mass is 32.2. The number of fused-ring (bicyclic) bond motifs is 1. The first-order valence-electron chi connectivity index (χ1n) is 8.78. The molecular formula is C21H24N2O2S. The lowest BCUT2D eigenvalue weighted by atomic mass is 9.86. The molecule has 0 saturated carbocycles. The van der Waals surface area contributed by atoms with Crippen LogP contribution < -0.4 is 10.2 Å². The van der Waals surface area contributed by atoms with E-state index < -0.39 is 0 Å². The molecule has 0 atom stereocenters. The minimum atomic E-state index is -0.0785. The SMILES string of the molecule is CC(C)(C)c1ccccc1NC(=O)CCN1C(=O)CSc2ccccc21. The van der Waals surface area contributed by atoms with Crippen LogP contribution in [-0.2, 0) is 15.0 Å². The van der Waals surface area contributed by atoms with E-state index in [9.17, 15) is 9.59 Å². The van der Waals surface area contributed by atoms with Gasteiger partial charge in [0.1, 0.15) is 0 Å². The first-order valence-corrected chi connectivity index (χ1v) is 9.76. The largest absolute Gasteiger partial charge is 0.326 e. The highest BCUT2D eigenvalue weighted by Gasteiger charge is 2.25. The summed E-state index contributed by atoms with van der Waals surface area (Å²) in [6, 6.07) is 15.7. The fourth-order valence-corrected chi connectivity index (χ4v) is 4.01. The molecule has 5 heteroatoms. The molecule has 0 unspecified atom stereocenters. The van der Waals surface area contributed by atoms with E-state index in [-0.39, 0.29) is 23.7 Å². The number of para-hydroxylation sites is 2. The Labute approximate surface area is 159 Å². The fourth-order valence-electron chi connectivity index (χ4n) is 3.07. The minimum absolute atomic E-state index is 0.0524. The molecule has 0 radical (unpaired) electrons. The Balaban J connectivity index is 1.68. The quantitative estimate of drug-likeness (QED) is 0.867. The van der Waals surface area contributed by atoms with Crippen LogP contribution in [-0.4, -0.2) is 24.1 Å². The third-order valence-electron chi connectivity index (χ3n) is 4.38. The van der Waals surface area contributed by atoms with Gasteiger partial charge in [-0.15, -0.1) is 11.8 Å². The van der Waals surface area contributed by atoms with Gasteiger partial charge in [0.2, 0.25) is 11.8 Å². The van der Waals surface area contributed by atoms with Gasteiger partial charge in [-0.25, -0.2) is 0 Å². The lowest BCUT2D eigenvalue weighted by molar-refractivity contribution is -0.117. The Bertz CT molecular complexity index is 827. The van der Waals surface area contributed by atoms with Crippen LogP contribution >= 0.6 is 11.8 Å². The molecule has 2 amide bonds. The average Bonchev–Trinajstić information content (AvgIpc) is 2.60. The number of benzene rings is 2. The number of nitrogens with zero attached hydrogens (tertiary/aromatic N) is 1. The summed E-state index contributed by atoms with van der Waals surface area (Å²) in [7, 11) is 0. The van der Waals surface area contributed by atoms with Gasteiger partial charge in [-0.1, -0.05) is 51.1 Å². The minimum Gasteiger partial charge on any atom is -0.326 e. The van der Waals surface area contributed by atoms with E-state index in [1.54, 1.807) is 16.7 Å². The maximum absolute atomic E-state index is 12.5. The Hall–Kier alpha value is -2.27. The Morgan fingerprint density at radius 3 is 2.58 bits per heavy atom. The van der Waals surface area contributed by atoms with Crippen molar-refractivity contribution in [1.29, 1.82) is 0 Å². The molecule has 2 aromatic rings. The first-order chi connectivity index (χ1) is 12.4. The van der Waals surface area contributed by atoms with E-state index in [4.69, 9.17) is 0 Å². The molecule has 0 bridgehead atoms. The van der Waals surface area contributed by atoms with E-state index in [0.29, 0.717) is 12.3 Å². The van der Waals surface area contributed by atoms with E-state index in [1.807, 2.05) is 48.5 Å². The van der Waals surface area contributed by atoms with Crippen LogP contribution in [0.1, 0.15) is 32.8 Å². The highest BCUT2D eigenvalue weighted by molar-refractivity contribution is 8.00. The molecule has 0 aromatic heterocycles. The fraction of sp³-hybridized carbons (Fsp3) is 0.333. The van der Waals surface area contributed by atoms with Crippen molar-refractivity contribution in [1.82, 2.24) is 0 Å². The van der Waals surface area contributed by atoms with Gasteiger partial charge >= 0.3 is 0 Å². The van der Waals surface area contributed by atoms with Crippen molar-refractivity contribution in [3.05, 3.63) is 54.1 Å². The van der Waals surface area contributed by atoms with Crippen molar-refractivity contribution in [2.45, 2.75) is 37.5 Å². The normalized spacial score (nSPS) is 14.1. The monoisotopic (exact) mass is 368 g/mol. The smallest absolute Gasteiger partial charge is 0.237 e.